The summed E-state index contributed by atoms with van der Waals surface area (Å²) in [7, 11) is 1.59. The van der Waals surface area contributed by atoms with Crippen LogP contribution in [0.3, 0.4) is 0 Å². The summed E-state index contributed by atoms with van der Waals surface area (Å²) in [6, 6.07) is 8.99. The van der Waals surface area contributed by atoms with E-state index in [1.165, 1.54) is 4.90 Å². The molecule has 1 unspecified atom stereocenters. The summed E-state index contributed by atoms with van der Waals surface area (Å²) >= 11 is 0. The normalized spacial score (nSPS) is 12.1. The number of nitrogens with zero attached hydrogens (tertiary/aromatic N) is 2. The van der Waals surface area contributed by atoms with Gasteiger partial charge >= 0.3 is 0 Å². The van der Waals surface area contributed by atoms with Gasteiger partial charge in [0.15, 0.2) is 5.76 Å². The van der Waals surface area contributed by atoms with Crippen molar-refractivity contribution in [2.24, 2.45) is 0 Å². The van der Waals surface area contributed by atoms with Crippen molar-refractivity contribution in [1.82, 2.24) is 4.90 Å². The number of aryl methyl sites for hydroxylation is 1. The van der Waals surface area contributed by atoms with Crippen molar-refractivity contribution < 1.29 is 9.21 Å². The number of fused-ring (bicyclic) bond motifs is 1. The van der Waals surface area contributed by atoms with Crippen LogP contribution < -0.4 is 0 Å². The number of carbonyl (C=O) groups excluding carboxylic acids is 1. The van der Waals surface area contributed by atoms with Crippen LogP contribution in [0.2, 0.25) is 0 Å². The molecule has 0 spiro atoms. The lowest BCUT2D eigenvalue weighted by Crippen LogP contribution is -2.33. The standard InChI is InChI=1S/C14H14N2O2/c1-9-4-5-12-11(6-9)7-13(18-12)14(17)16(3)10(2)8-15/h4-7,10H,1-3H3. The highest BCUT2D eigenvalue weighted by Crippen LogP contribution is 2.21. The Morgan fingerprint density at radius 2 is 2.17 bits per heavy atom. The zero-order valence-electron chi connectivity index (χ0n) is 10.6. The van der Waals surface area contributed by atoms with Gasteiger partial charge in [0.25, 0.3) is 5.91 Å². The minimum atomic E-state index is -0.479. The molecule has 18 heavy (non-hydrogen) atoms. The van der Waals surface area contributed by atoms with E-state index in [4.69, 9.17) is 9.68 Å². The highest BCUT2D eigenvalue weighted by atomic mass is 16.3. The number of furan rings is 1. The molecule has 2 rings (SSSR count). The summed E-state index contributed by atoms with van der Waals surface area (Å²) in [5.74, 6) is -0.0156. The Kier molecular flexibility index (Phi) is 3.07. The molecule has 0 fully saturated rings. The summed E-state index contributed by atoms with van der Waals surface area (Å²) in [5, 5.41) is 9.70. The molecule has 1 amide bonds. The highest BCUT2D eigenvalue weighted by Gasteiger charge is 2.20. The molecule has 4 nitrogen and oxygen atoms in total. The molecule has 0 saturated carbocycles. The van der Waals surface area contributed by atoms with Crippen LogP contribution in [-0.2, 0) is 0 Å². The van der Waals surface area contributed by atoms with E-state index >= 15 is 0 Å². The van der Waals surface area contributed by atoms with Crippen molar-refractivity contribution in [3.63, 3.8) is 0 Å². The van der Waals surface area contributed by atoms with Crippen molar-refractivity contribution >= 4 is 16.9 Å². The fourth-order valence-corrected chi connectivity index (χ4v) is 1.70. The van der Waals surface area contributed by atoms with Crippen LogP contribution >= 0.6 is 0 Å². The first-order chi connectivity index (χ1) is 8.52. The molecule has 2 aromatic rings. The number of benzene rings is 1. The number of hydrogen-bond acceptors (Lipinski definition) is 3. The number of hydrogen-bond donors (Lipinski definition) is 0. The summed E-state index contributed by atoms with van der Waals surface area (Å²) in [4.78, 5) is 13.4. The largest absolute Gasteiger partial charge is 0.451 e. The molecule has 0 aliphatic heterocycles. The number of amides is 1. The molecule has 0 bridgehead atoms. The minimum Gasteiger partial charge on any atom is -0.451 e. The molecule has 1 aromatic heterocycles. The van der Waals surface area contributed by atoms with E-state index in [1.54, 1.807) is 20.0 Å². The molecule has 1 heterocycles. The lowest BCUT2D eigenvalue weighted by atomic mass is 10.2. The van der Waals surface area contributed by atoms with E-state index < -0.39 is 6.04 Å². The van der Waals surface area contributed by atoms with Crippen LogP contribution in [0.4, 0.5) is 0 Å². The SMILES string of the molecule is Cc1ccc2oc(C(=O)N(C)C(C)C#N)cc2c1. The second kappa shape index (κ2) is 4.53. The summed E-state index contributed by atoms with van der Waals surface area (Å²) in [6.45, 7) is 3.66. The number of rotatable bonds is 2. The lowest BCUT2D eigenvalue weighted by Gasteiger charge is -2.17. The molecular formula is C14H14N2O2. The number of carbonyl (C=O) groups is 1. The first-order valence-electron chi connectivity index (χ1n) is 5.70. The van der Waals surface area contributed by atoms with E-state index in [0.717, 1.165) is 10.9 Å². The van der Waals surface area contributed by atoms with Crippen LogP contribution in [0.25, 0.3) is 11.0 Å². The molecule has 0 aliphatic rings. The van der Waals surface area contributed by atoms with Crippen molar-refractivity contribution in [3.8, 4) is 6.07 Å². The highest BCUT2D eigenvalue weighted by molar-refractivity contribution is 5.96. The zero-order chi connectivity index (χ0) is 13.3. The molecule has 92 valence electrons. The first kappa shape index (κ1) is 12.2. The van der Waals surface area contributed by atoms with E-state index in [-0.39, 0.29) is 11.7 Å². The van der Waals surface area contributed by atoms with E-state index in [1.807, 2.05) is 31.2 Å². The molecule has 1 atom stereocenters. The summed E-state index contributed by atoms with van der Waals surface area (Å²) < 4.78 is 5.50. The Balaban J connectivity index is 2.37. The number of nitriles is 1. The third-order valence-electron chi connectivity index (χ3n) is 2.97. The summed E-state index contributed by atoms with van der Waals surface area (Å²) in [5.41, 5.74) is 1.79. The van der Waals surface area contributed by atoms with Crippen LogP contribution in [0, 0.1) is 18.3 Å². The van der Waals surface area contributed by atoms with Gasteiger partial charge in [0.05, 0.1) is 6.07 Å². The second-order valence-electron chi connectivity index (χ2n) is 4.37. The monoisotopic (exact) mass is 242 g/mol. The predicted octanol–water partition coefficient (Wildman–Crippen LogP) is 2.73. The average molecular weight is 242 g/mol. The maximum absolute atomic E-state index is 12.1. The van der Waals surface area contributed by atoms with Crippen molar-refractivity contribution in [3.05, 3.63) is 35.6 Å². The average Bonchev–Trinajstić information content (AvgIpc) is 2.78. The van der Waals surface area contributed by atoms with E-state index in [9.17, 15) is 4.79 Å². The Bertz CT molecular complexity index is 637. The van der Waals surface area contributed by atoms with Gasteiger partial charge in [-0.1, -0.05) is 11.6 Å². The van der Waals surface area contributed by atoms with Crippen LogP contribution in [0.5, 0.6) is 0 Å². The third kappa shape index (κ3) is 2.07. The maximum Gasteiger partial charge on any atom is 0.290 e. The fourth-order valence-electron chi connectivity index (χ4n) is 1.70. The van der Waals surface area contributed by atoms with Gasteiger partial charge in [-0.3, -0.25) is 4.79 Å². The van der Waals surface area contributed by atoms with Gasteiger partial charge in [-0.05, 0) is 32.0 Å². The van der Waals surface area contributed by atoms with Crippen molar-refractivity contribution in [2.75, 3.05) is 7.05 Å². The summed E-state index contributed by atoms with van der Waals surface area (Å²) in [6.07, 6.45) is 0. The van der Waals surface area contributed by atoms with E-state index in [0.29, 0.717) is 5.58 Å². The Morgan fingerprint density at radius 3 is 2.83 bits per heavy atom. The molecule has 0 aliphatic carbocycles. The topological polar surface area (TPSA) is 57.2 Å². The van der Waals surface area contributed by atoms with E-state index in [2.05, 4.69) is 0 Å². The molecule has 0 N–H and O–H groups in total. The molecular weight excluding hydrogens is 228 g/mol. The van der Waals surface area contributed by atoms with Gasteiger partial charge in [-0.25, -0.2) is 0 Å². The first-order valence-corrected chi connectivity index (χ1v) is 5.70. The Labute approximate surface area is 105 Å². The maximum atomic E-state index is 12.1. The van der Waals surface area contributed by atoms with Gasteiger partial charge in [0.2, 0.25) is 0 Å². The van der Waals surface area contributed by atoms with Gasteiger partial charge in [0, 0.05) is 12.4 Å². The fraction of sp³-hybridized carbons (Fsp3) is 0.286. The molecule has 1 aromatic carbocycles. The van der Waals surface area contributed by atoms with Gasteiger partial charge in [-0.2, -0.15) is 5.26 Å². The third-order valence-corrected chi connectivity index (χ3v) is 2.97. The molecule has 0 saturated heterocycles. The molecule has 4 heteroatoms. The van der Waals surface area contributed by atoms with Crippen LogP contribution in [0.15, 0.2) is 28.7 Å². The van der Waals surface area contributed by atoms with Gasteiger partial charge in [0.1, 0.15) is 11.6 Å². The quantitative estimate of drug-likeness (QED) is 0.813. The van der Waals surface area contributed by atoms with Crippen LogP contribution in [-0.4, -0.2) is 23.9 Å². The Hall–Kier alpha value is -2.28. The second-order valence-corrected chi connectivity index (χ2v) is 4.37. The Morgan fingerprint density at radius 1 is 1.44 bits per heavy atom. The minimum absolute atomic E-state index is 0.264. The van der Waals surface area contributed by atoms with Crippen LogP contribution in [0.1, 0.15) is 23.0 Å². The smallest absolute Gasteiger partial charge is 0.290 e. The molecule has 0 radical (unpaired) electrons. The van der Waals surface area contributed by atoms with Crippen molar-refractivity contribution in [1.29, 1.82) is 5.26 Å². The zero-order valence-corrected chi connectivity index (χ0v) is 10.6. The van der Waals surface area contributed by atoms with Crippen molar-refractivity contribution in [2.45, 2.75) is 19.9 Å². The van der Waals surface area contributed by atoms with Gasteiger partial charge in [-0.15, -0.1) is 0 Å². The predicted molar refractivity (Wildman–Crippen MR) is 68.1 cm³/mol. The van der Waals surface area contributed by atoms with Gasteiger partial charge < -0.3 is 9.32 Å². The lowest BCUT2D eigenvalue weighted by molar-refractivity contribution is 0.0743.